The zero-order valence-electron chi connectivity index (χ0n) is 18.1. The summed E-state index contributed by atoms with van der Waals surface area (Å²) in [6, 6.07) is 18.9. The second-order valence-electron chi connectivity index (χ2n) is 8.52. The first-order valence-corrected chi connectivity index (χ1v) is 11.4. The van der Waals surface area contributed by atoms with Crippen molar-refractivity contribution in [3.63, 3.8) is 0 Å². The van der Waals surface area contributed by atoms with E-state index in [1.54, 1.807) is 18.2 Å². The number of esters is 1. The molecule has 3 aromatic rings. The van der Waals surface area contributed by atoms with Crippen molar-refractivity contribution in [2.75, 3.05) is 17.1 Å². The van der Waals surface area contributed by atoms with Gasteiger partial charge in [-0.3, -0.25) is 0 Å². The van der Waals surface area contributed by atoms with Crippen molar-refractivity contribution in [2.24, 2.45) is 5.41 Å². The first-order valence-electron chi connectivity index (χ1n) is 10.3. The zero-order valence-corrected chi connectivity index (χ0v) is 19.0. The van der Waals surface area contributed by atoms with E-state index in [9.17, 15) is 13.4 Å². The molecular weight excluding hydrogens is 427 g/mol. The number of benzene rings is 3. The van der Waals surface area contributed by atoms with Gasteiger partial charge in [0.05, 0.1) is 29.3 Å². The lowest BCUT2D eigenvalue weighted by molar-refractivity contribution is 0.0600. The van der Waals surface area contributed by atoms with E-state index in [0.29, 0.717) is 10.5 Å². The van der Waals surface area contributed by atoms with E-state index in [-0.39, 0.29) is 17.4 Å². The van der Waals surface area contributed by atoms with E-state index in [1.165, 1.54) is 19.2 Å². The van der Waals surface area contributed by atoms with Crippen LogP contribution in [0.15, 0.2) is 71.6 Å². The third-order valence-electron chi connectivity index (χ3n) is 5.74. The van der Waals surface area contributed by atoms with Crippen molar-refractivity contribution < 1.29 is 18.1 Å². The Labute approximate surface area is 189 Å². The highest BCUT2D eigenvalue weighted by Crippen LogP contribution is 2.46. The summed E-state index contributed by atoms with van der Waals surface area (Å²) in [7, 11) is -0.235. The maximum absolute atomic E-state index is 13.6. The number of hydrogen-bond acceptors (Lipinski definition) is 4. The summed E-state index contributed by atoms with van der Waals surface area (Å²) in [6.07, 6.45) is 0.742. The van der Waals surface area contributed by atoms with Crippen LogP contribution in [-0.4, -0.2) is 17.3 Å². The van der Waals surface area contributed by atoms with Crippen LogP contribution in [0.25, 0.3) is 0 Å². The summed E-state index contributed by atoms with van der Waals surface area (Å²) in [5.74, 6) is -0.786. The molecule has 2 unspecified atom stereocenters. The van der Waals surface area contributed by atoms with Gasteiger partial charge in [-0.05, 0) is 65.4 Å². The molecule has 5 nitrogen and oxygen atoms in total. The van der Waals surface area contributed by atoms with Gasteiger partial charge in [0.15, 0.2) is 0 Å². The van der Waals surface area contributed by atoms with E-state index >= 15 is 0 Å². The normalized spacial score (nSPS) is 17.6. The number of nitrogens with one attached hydrogen (secondary N) is 2. The molecule has 166 valence electrons. The van der Waals surface area contributed by atoms with Crippen molar-refractivity contribution >= 4 is 28.3 Å². The number of hydrogen-bond donors (Lipinski definition) is 2. The monoisotopic (exact) mass is 452 g/mol. The van der Waals surface area contributed by atoms with Crippen molar-refractivity contribution in [3.05, 3.63) is 89.2 Å². The maximum Gasteiger partial charge on any atom is 0.337 e. The summed E-state index contributed by atoms with van der Waals surface area (Å²) in [5.41, 5.74) is 3.99. The number of rotatable bonds is 5. The lowest BCUT2D eigenvalue weighted by Gasteiger charge is -2.42. The smallest absolute Gasteiger partial charge is 0.337 e. The number of carbonyl (C=O) groups excluding carboxylic acids is 1. The minimum Gasteiger partial charge on any atom is -0.465 e. The standard InChI is InChI=1S/C25H25FN2O3S/c1-25(2)15-17-13-16(24(29)31-3)11-12-21(17)27-23(25)20-9-4-5-10-22(20)28-32(30)19-8-6-7-18(26)14-19/h4-14,23,27-28H,15H2,1-3H3. The van der Waals surface area contributed by atoms with Crippen LogP contribution < -0.4 is 10.0 Å². The fraction of sp³-hybridized carbons (Fsp3) is 0.240. The van der Waals surface area contributed by atoms with Gasteiger partial charge in [-0.15, -0.1) is 0 Å². The molecule has 1 heterocycles. The molecule has 0 fully saturated rings. The van der Waals surface area contributed by atoms with Gasteiger partial charge in [0, 0.05) is 5.69 Å². The molecule has 2 N–H and O–H groups in total. The van der Waals surface area contributed by atoms with Crippen LogP contribution in [0.5, 0.6) is 0 Å². The molecule has 4 rings (SSSR count). The number of fused-ring (bicyclic) bond motifs is 1. The Bertz CT molecular complexity index is 1200. The van der Waals surface area contributed by atoms with Gasteiger partial charge in [-0.1, -0.05) is 38.1 Å². The fourth-order valence-electron chi connectivity index (χ4n) is 4.15. The Morgan fingerprint density at radius 2 is 1.91 bits per heavy atom. The topological polar surface area (TPSA) is 67.4 Å². The Balaban J connectivity index is 1.65. The third-order valence-corrected chi connectivity index (χ3v) is 6.83. The first kappa shape index (κ1) is 22.0. The second-order valence-corrected chi connectivity index (χ2v) is 9.73. The van der Waals surface area contributed by atoms with E-state index in [1.807, 2.05) is 36.4 Å². The van der Waals surface area contributed by atoms with Gasteiger partial charge >= 0.3 is 5.97 Å². The summed E-state index contributed by atoms with van der Waals surface area (Å²) in [4.78, 5) is 12.3. The van der Waals surface area contributed by atoms with E-state index < -0.39 is 16.8 Å². The Hall–Kier alpha value is -3.19. The van der Waals surface area contributed by atoms with Crippen LogP contribution >= 0.6 is 0 Å². The van der Waals surface area contributed by atoms with Crippen LogP contribution in [-0.2, 0) is 22.1 Å². The number of methoxy groups -OCH3 is 1. The minimum atomic E-state index is -1.61. The Kier molecular flexibility index (Phi) is 6.02. The van der Waals surface area contributed by atoms with Crippen LogP contribution in [0.4, 0.5) is 15.8 Å². The third kappa shape index (κ3) is 4.39. The van der Waals surface area contributed by atoms with Gasteiger partial charge in [-0.25, -0.2) is 13.4 Å². The van der Waals surface area contributed by atoms with Crippen LogP contribution in [0.2, 0.25) is 0 Å². The first-order chi connectivity index (χ1) is 15.3. The van der Waals surface area contributed by atoms with E-state index in [4.69, 9.17) is 4.74 Å². The molecule has 3 aromatic carbocycles. The number of anilines is 2. The molecule has 0 aliphatic carbocycles. The molecule has 0 radical (unpaired) electrons. The molecular formula is C25H25FN2O3S. The highest BCUT2D eigenvalue weighted by molar-refractivity contribution is 7.86. The summed E-state index contributed by atoms with van der Waals surface area (Å²) in [5, 5.41) is 3.60. The zero-order chi connectivity index (χ0) is 22.9. The molecule has 1 aliphatic rings. The number of halogens is 1. The predicted octanol–water partition coefficient (Wildman–Crippen LogP) is 5.48. The highest BCUT2D eigenvalue weighted by atomic mass is 32.2. The molecule has 0 spiro atoms. The van der Waals surface area contributed by atoms with Crippen LogP contribution in [0.3, 0.4) is 0 Å². The molecule has 0 saturated carbocycles. The van der Waals surface area contributed by atoms with Crippen molar-refractivity contribution in [3.8, 4) is 0 Å². The van der Waals surface area contributed by atoms with Gasteiger partial charge < -0.3 is 14.8 Å². The lowest BCUT2D eigenvalue weighted by Crippen LogP contribution is -2.35. The van der Waals surface area contributed by atoms with Gasteiger partial charge in [0.2, 0.25) is 0 Å². The highest BCUT2D eigenvalue weighted by Gasteiger charge is 2.37. The second kappa shape index (κ2) is 8.74. The molecule has 32 heavy (non-hydrogen) atoms. The summed E-state index contributed by atoms with van der Waals surface area (Å²) in [6.45, 7) is 4.30. The lowest BCUT2D eigenvalue weighted by atomic mass is 9.72. The van der Waals surface area contributed by atoms with Crippen molar-refractivity contribution in [2.45, 2.75) is 31.2 Å². The Morgan fingerprint density at radius 3 is 2.66 bits per heavy atom. The molecule has 1 aliphatic heterocycles. The number of ether oxygens (including phenoxy) is 1. The molecule has 7 heteroatoms. The number of para-hydroxylation sites is 1. The van der Waals surface area contributed by atoms with Gasteiger partial charge in [0.1, 0.15) is 16.8 Å². The quantitative estimate of drug-likeness (QED) is 0.503. The van der Waals surface area contributed by atoms with Gasteiger partial charge in [-0.2, -0.15) is 0 Å². The van der Waals surface area contributed by atoms with Crippen molar-refractivity contribution in [1.82, 2.24) is 0 Å². The predicted molar refractivity (Wildman–Crippen MR) is 125 cm³/mol. The van der Waals surface area contributed by atoms with Crippen LogP contribution in [0, 0.1) is 11.2 Å². The molecule has 0 saturated heterocycles. The van der Waals surface area contributed by atoms with Gasteiger partial charge in [0.25, 0.3) is 0 Å². The summed E-state index contributed by atoms with van der Waals surface area (Å²) < 4.78 is 34.3. The average molecular weight is 453 g/mol. The number of carbonyl (C=O) groups is 1. The SMILES string of the molecule is COC(=O)c1ccc2c(c1)CC(C)(C)C(c1ccccc1NS(=O)c1cccc(F)c1)N2. The van der Waals surface area contributed by atoms with Crippen LogP contribution in [0.1, 0.15) is 41.4 Å². The summed E-state index contributed by atoms with van der Waals surface area (Å²) >= 11 is 0. The molecule has 0 bridgehead atoms. The van der Waals surface area contributed by atoms with Crippen molar-refractivity contribution in [1.29, 1.82) is 0 Å². The Morgan fingerprint density at radius 1 is 1.12 bits per heavy atom. The molecule has 2 atom stereocenters. The van der Waals surface area contributed by atoms with E-state index in [2.05, 4.69) is 23.9 Å². The maximum atomic E-state index is 13.6. The van der Waals surface area contributed by atoms with E-state index in [0.717, 1.165) is 28.9 Å². The molecule has 0 aromatic heterocycles. The average Bonchev–Trinajstić information content (AvgIpc) is 2.77. The fourth-order valence-corrected chi connectivity index (χ4v) is 5.08. The molecule has 0 amide bonds. The minimum absolute atomic E-state index is 0.0767. The largest absolute Gasteiger partial charge is 0.465 e.